The van der Waals surface area contributed by atoms with Crippen molar-refractivity contribution in [2.45, 2.75) is 27.0 Å². The number of rotatable bonds is 7. The molecule has 32 heavy (non-hydrogen) atoms. The molecule has 0 aliphatic rings. The molecule has 3 aromatic heterocycles. The highest BCUT2D eigenvalue weighted by molar-refractivity contribution is 6.00. The molecule has 0 bridgehead atoms. The average molecular weight is 435 g/mol. The SMILES string of the molecule is CCOC(=O)c1nc(Cn2cc(CO)nn2)c(-c2c[nH]c3ccccc23)nc1NC(C)=O. The molecule has 1 amide bonds. The van der Waals surface area contributed by atoms with E-state index in [1.807, 2.05) is 24.3 Å². The fraction of sp³-hybridized carbons (Fsp3) is 0.238. The predicted octanol–water partition coefficient (Wildman–Crippen LogP) is 1.89. The van der Waals surface area contributed by atoms with Crippen LogP contribution in [0.3, 0.4) is 0 Å². The molecule has 11 heteroatoms. The number of ether oxygens (including phenoxy) is 1. The first-order chi connectivity index (χ1) is 15.5. The first-order valence-corrected chi connectivity index (χ1v) is 9.92. The highest BCUT2D eigenvalue weighted by atomic mass is 16.5. The fourth-order valence-corrected chi connectivity index (χ4v) is 3.30. The summed E-state index contributed by atoms with van der Waals surface area (Å²) in [5.41, 5.74) is 2.80. The van der Waals surface area contributed by atoms with Crippen LogP contribution in [0.4, 0.5) is 5.82 Å². The van der Waals surface area contributed by atoms with Gasteiger partial charge in [0.2, 0.25) is 5.91 Å². The topological polar surface area (TPSA) is 148 Å². The quantitative estimate of drug-likeness (QED) is 0.373. The van der Waals surface area contributed by atoms with Crippen molar-refractivity contribution in [3.63, 3.8) is 0 Å². The second kappa shape index (κ2) is 8.94. The standard InChI is InChI=1S/C21H21N7O4/c1-3-32-21(31)19-20(23-12(2)30)25-18(15-8-22-16-7-5-4-6-14(15)16)17(24-19)10-28-9-13(11-29)26-27-28/h4-9,22,29H,3,10-11H2,1-2H3,(H,23,25,30). The van der Waals surface area contributed by atoms with E-state index in [0.29, 0.717) is 17.1 Å². The summed E-state index contributed by atoms with van der Waals surface area (Å²) >= 11 is 0. The lowest BCUT2D eigenvalue weighted by molar-refractivity contribution is -0.114. The number of esters is 1. The Labute approximate surface area is 182 Å². The minimum absolute atomic E-state index is 0.00891. The Morgan fingerprint density at radius 1 is 1.25 bits per heavy atom. The van der Waals surface area contributed by atoms with Gasteiger partial charge < -0.3 is 20.1 Å². The number of benzene rings is 1. The van der Waals surface area contributed by atoms with Gasteiger partial charge in [0.25, 0.3) is 0 Å². The molecule has 0 fully saturated rings. The van der Waals surface area contributed by atoms with Crippen molar-refractivity contribution in [3.8, 4) is 11.3 Å². The number of aliphatic hydroxyl groups is 1. The van der Waals surface area contributed by atoms with Gasteiger partial charge in [-0.2, -0.15) is 0 Å². The molecule has 4 rings (SSSR count). The van der Waals surface area contributed by atoms with Crippen LogP contribution in [0, 0.1) is 0 Å². The van der Waals surface area contributed by atoms with Gasteiger partial charge in [-0.25, -0.2) is 19.4 Å². The summed E-state index contributed by atoms with van der Waals surface area (Å²) in [5, 5.41) is 20.6. The smallest absolute Gasteiger partial charge is 0.360 e. The zero-order chi connectivity index (χ0) is 22.7. The molecule has 3 N–H and O–H groups in total. The molecule has 3 heterocycles. The summed E-state index contributed by atoms with van der Waals surface area (Å²) in [6, 6.07) is 7.68. The molecule has 11 nitrogen and oxygen atoms in total. The number of para-hydroxylation sites is 1. The molecule has 1 aromatic carbocycles. The van der Waals surface area contributed by atoms with Crippen LogP contribution in [0.15, 0.2) is 36.7 Å². The van der Waals surface area contributed by atoms with Gasteiger partial charge in [0.15, 0.2) is 11.5 Å². The van der Waals surface area contributed by atoms with Gasteiger partial charge in [-0.05, 0) is 13.0 Å². The minimum atomic E-state index is -0.704. The van der Waals surface area contributed by atoms with Gasteiger partial charge in [-0.1, -0.05) is 23.4 Å². The van der Waals surface area contributed by atoms with Crippen molar-refractivity contribution < 1.29 is 19.4 Å². The maximum Gasteiger partial charge on any atom is 0.360 e. The van der Waals surface area contributed by atoms with Crippen molar-refractivity contribution in [2.24, 2.45) is 0 Å². The molecule has 0 saturated carbocycles. The minimum Gasteiger partial charge on any atom is -0.461 e. The molecule has 0 saturated heterocycles. The van der Waals surface area contributed by atoms with E-state index in [2.05, 4.69) is 30.6 Å². The van der Waals surface area contributed by atoms with Crippen molar-refractivity contribution in [1.82, 2.24) is 29.9 Å². The number of aliphatic hydroxyl groups excluding tert-OH is 1. The van der Waals surface area contributed by atoms with E-state index in [-0.39, 0.29) is 31.3 Å². The van der Waals surface area contributed by atoms with Crippen molar-refractivity contribution in [3.05, 3.63) is 53.7 Å². The van der Waals surface area contributed by atoms with Crippen LogP contribution in [-0.4, -0.2) is 53.5 Å². The van der Waals surface area contributed by atoms with E-state index in [4.69, 9.17) is 4.74 Å². The maximum absolute atomic E-state index is 12.6. The van der Waals surface area contributed by atoms with Crippen LogP contribution in [0.1, 0.15) is 35.7 Å². The van der Waals surface area contributed by atoms with E-state index < -0.39 is 11.9 Å². The third kappa shape index (κ3) is 4.18. The summed E-state index contributed by atoms with van der Waals surface area (Å²) in [6.07, 6.45) is 3.37. The molecule has 0 atom stereocenters. The second-order valence-electron chi connectivity index (χ2n) is 6.93. The van der Waals surface area contributed by atoms with Gasteiger partial charge in [0, 0.05) is 29.6 Å². The number of aromatic nitrogens is 6. The van der Waals surface area contributed by atoms with Crippen LogP contribution in [0.5, 0.6) is 0 Å². The highest BCUT2D eigenvalue weighted by Gasteiger charge is 2.24. The van der Waals surface area contributed by atoms with Crippen LogP contribution in [0.25, 0.3) is 22.2 Å². The third-order valence-electron chi connectivity index (χ3n) is 4.64. The molecule has 0 radical (unpaired) electrons. The zero-order valence-corrected chi connectivity index (χ0v) is 17.5. The first-order valence-electron chi connectivity index (χ1n) is 9.92. The lowest BCUT2D eigenvalue weighted by atomic mass is 10.1. The van der Waals surface area contributed by atoms with Crippen molar-refractivity contribution in [1.29, 1.82) is 0 Å². The monoisotopic (exact) mass is 435 g/mol. The first kappa shape index (κ1) is 21.1. The van der Waals surface area contributed by atoms with E-state index in [0.717, 1.165) is 16.5 Å². The van der Waals surface area contributed by atoms with Crippen LogP contribution in [-0.2, 0) is 22.7 Å². The summed E-state index contributed by atoms with van der Waals surface area (Å²) in [4.78, 5) is 36.7. The second-order valence-corrected chi connectivity index (χ2v) is 6.93. The van der Waals surface area contributed by atoms with Crippen LogP contribution >= 0.6 is 0 Å². The Hall–Kier alpha value is -4.12. The van der Waals surface area contributed by atoms with Crippen molar-refractivity contribution >= 4 is 28.6 Å². The van der Waals surface area contributed by atoms with Gasteiger partial charge in [-0.15, -0.1) is 5.10 Å². The number of nitrogens with one attached hydrogen (secondary N) is 2. The largest absolute Gasteiger partial charge is 0.461 e. The Morgan fingerprint density at radius 3 is 2.78 bits per heavy atom. The highest BCUT2D eigenvalue weighted by Crippen LogP contribution is 2.31. The molecule has 4 aromatic rings. The number of fused-ring (bicyclic) bond motifs is 1. The normalized spacial score (nSPS) is 11.0. The van der Waals surface area contributed by atoms with E-state index in [1.165, 1.54) is 11.6 Å². The van der Waals surface area contributed by atoms with Crippen LogP contribution in [0.2, 0.25) is 0 Å². The fourth-order valence-electron chi connectivity index (χ4n) is 3.30. The van der Waals surface area contributed by atoms with Gasteiger partial charge >= 0.3 is 5.97 Å². The number of hydrogen-bond acceptors (Lipinski definition) is 8. The number of H-pyrrole nitrogens is 1. The molecule has 0 spiro atoms. The molecular formula is C21H21N7O4. The Balaban J connectivity index is 1.91. The summed E-state index contributed by atoms with van der Waals surface area (Å²) in [6.45, 7) is 3.01. The van der Waals surface area contributed by atoms with E-state index in [9.17, 15) is 14.7 Å². The van der Waals surface area contributed by atoms with E-state index in [1.54, 1.807) is 19.3 Å². The lowest BCUT2D eigenvalue weighted by Crippen LogP contribution is -2.19. The number of nitrogens with zero attached hydrogens (tertiary/aromatic N) is 5. The Kier molecular flexibility index (Phi) is 5.90. The summed E-state index contributed by atoms with van der Waals surface area (Å²) in [7, 11) is 0. The number of aromatic amines is 1. The number of carbonyl (C=O) groups excluding carboxylic acids is 2. The number of amides is 1. The molecule has 0 aliphatic carbocycles. The Morgan fingerprint density at radius 2 is 2.06 bits per heavy atom. The average Bonchev–Trinajstić information content (AvgIpc) is 3.41. The molecule has 0 aliphatic heterocycles. The van der Waals surface area contributed by atoms with Gasteiger partial charge in [0.1, 0.15) is 5.69 Å². The van der Waals surface area contributed by atoms with E-state index >= 15 is 0 Å². The molecule has 164 valence electrons. The molecular weight excluding hydrogens is 414 g/mol. The lowest BCUT2D eigenvalue weighted by Gasteiger charge is -2.14. The number of anilines is 1. The molecule has 0 unspecified atom stereocenters. The zero-order valence-electron chi connectivity index (χ0n) is 17.5. The maximum atomic E-state index is 12.6. The van der Waals surface area contributed by atoms with Crippen molar-refractivity contribution in [2.75, 3.05) is 11.9 Å². The third-order valence-corrected chi connectivity index (χ3v) is 4.64. The predicted molar refractivity (Wildman–Crippen MR) is 115 cm³/mol. The van der Waals surface area contributed by atoms with Crippen LogP contribution < -0.4 is 5.32 Å². The number of carbonyl (C=O) groups is 2. The summed E-state index contributed by atoms with van der Waals surface area (Å²) < 4.78 is 6.60. The van der Waals surface area contributed by atoms with Gasteiger partial charge in [0.05, 0.1) is 37.3 Å². The van der Waals surface area contributed by atoms with Gasteiger partial charge in [-0.3, -0.25) is 4.79 Å². The summed E-state index contributed by atoms with van der Waals surface area (Å²) in [5.74, 6) is -1.09. The number of hydrogen-bond donors (Lipinski definition) is 3. The Bertz CT molecular complexity index is 1290.